The summed E-state index contributed by atoms with van der Waals surface area (Å²) in [5, 5.41) is 6.85. The average molecular weight is 391 g/mol. The van der Waals surface area contributed by atoms with E-state index in [1.807, 2.05) is 0 Å². The minimum Gasteiger partial charge on any atom is -0.493 e. The highest BCUT2D eigenvalue weighted by Gasteiger charge is 2.22. The van der Waals surface area contributed by atoms with Gasteiger partial charge < -0.3 is 20.1 Å². The first kappa shape index (κ1) is 21.9. The number of hydrogen-bond acceptors (Lipinski definition) is 4. The van der Waals surface area contributed by atoms with Crippen LogP contribution in [-0.4, -0.2) is 38.3 Å². The third kappa shape index (κ3) is 6.24. The molecule has 1 amide bonds. The van der Waals surface area contributed by atoms with Gasteiger partial charge in [-0.2, -0.15) is 0 Å². The summed E-state index contributed by atoms with van der Waals surface area (Å²) < 4.78 is 11.1. The van der Waals surface area contributed by atoms with E-state index >= 15 is 0 Å². The molecule has 0 aromatic heterocycles. The first-order valence-electron chi connectivity index (χ1n) is 8.59. The van der Waals surface area contributed by atoms with Crippen LogP contribution in [0.1, 0.15) is 49.9 Å². The second-order valence-corrected chi connectivity index (χ2v) is 6.65. The van der Waals surface area contributed by atoms with Crippen LogP contribution < -0.4 is 20.1 Å². The molecule has 0 saturated carbocycles. The maximum Gasteiger partial charge on any atom is 0.251 e. The quantitative estimate of drug-likeness (QED) is 0.694. The largest absolute Gasteiger partial charge is 0.493 e. The van der Waals surface area contributed by atoms with Crippen LogP contribution in [0.5, 0.6) is 11.5 Å². The molecule has 1 heterocycles. The van der Waals surface area contributed by atoms with Crippen LogP contribution in [0, 0.1) is 0 Å². The molecule has 1 aromatic carbocycles. The fourth-order valence-electron chi connectivity index (χ4n) is 2.84. The van der Waals surface area contributed by atoms with Gasteiger partial charge in [0.15, 0.2) is 11.5 Å². The third-order valence-electron chi connectivity index (χ3n) is 4.19. The maximum atomic E-state index is 12.5. The average Bonchev–Trinajstić information content (AvgIpc) is 2.56. The Morgan fingerprint density at radius 1 is 1.44 bits per heavy atom. The van der Waals surface area contributed by atoms with Crippen molar-refractivity contribution in [2.75, 3.05) is 20.3 Å². The van der Waals surface area contributed by atoms with E-state index in [1.54, 1.807) is 19.2 Å². The van der Waals surface area contributed by atoms with Crippen LogP contribution in [0.4, 0.5) is 0 Å². The van der Waals surface area contributed by atoms with Gasteiger partial charge in [-0.25, -0.2) is 0 Å². The van der Waals surface area contributed by atoms with Crippen molar-refractivity contribution in [1.82, 2.24) is 10.6 Å². The number of carbonyl (C=O) groups excluding carboxylic acids is 1. The zero-order valence-corrected chi connectivity index (χ0v) is 16.6. The van der Waals surface area contributed by atoms with Gasteiger partial charge in [-0.05, 0) is 44.9 Å². The standard InChI is InChI=1S/C18H27ClN2O3.ClH/c1-4-5-8-24-17-15(19)10-13(11-16(17)23-3)18(22)21-14-6-7-20-12(2)9-14;/h10-12,14,20H,4-9H2,1-3H3,(H,21,22);1H. The van der Waals surface area contributed by atoms with Crippen molar-refractivity contribution in [3.63, 3.8) is 0 Å². The number of methoxy groups -OCH3 is 1. The molecular weight excluding hydrogens is 363 g/mol. The van der Waals surface area contributed by atoms with E-state index in [4.69, 9.17) is 21.1 Å². The van der Waals surface area contributed by atoms with Crippen LogP contribution in [0.25, 0.3) is 0 Å². The molecule has 25 heavy (non-hydrogen) atoms. The van der Waals surface area contributed by atoms with Gasteiger partial charge in [0.25, 0.3) is 5.91 Å². The van der Waals surface area contributed by atoms with Gasteiger partial charge in [-0.15, -0.1) is 12.4 Å². The van der Waals surface area contributed by atoms with Gasteiger partial charge in [0.1, 0.15) is 0 Å². The Bertz CT molecular complexity index is 569. The Kier molecular flexibility index (Phi) is 9.39. The maximum absolute atomic E-state index is 12.5. The van der Waals surface area contributed by atoms with Crippen molar-refractivity contribution in [2.24, 2.45) is 0 Å². The highest BCUT2D eigenvalue weighted by molar-refractivity contribution is 6.32. The number of unbranched alkanes of at least 4 members (excludes halogenated alkanes) is 1. The normalized spacial score (nSPS) is 19.7. The summed E-state index contributed by atoms with van der Waals surface area (Å²) in [6.07, 6.45) is 3.83. The Morgan fingerprint density at radius 3 is 2.84 bits per heavy atom. The van der Waals surface area contributed by atoms with Gasteiger partial charge >= 0.3 is 0 Å². The number of piperidine rings is 1. The predicted molar refractivity (Wildman–Crippen MR) is 104 cm³/mol. The summed E-state index contributed by atoms with van der Waals surface area (Å²) in [5.74, 6) is 0.858. The molecule has 5 nitrogen and oxygen atoms in total. The molecule has 2 unspecified atom stereocenters. The number of carbonyl (C=O) groups is 1. The zero-order valence-electron chi connectivity index (χ0n) is 15.1. The Hall–Kier alpha value is -1.17. The van der Waals surface area contributed by atoms with Gasteiger partial charge in [-0.1, -0.05) is 24.9 Å². The molecule has 2 rings (SSSR count). The van der Waals surface area contributed by atoms with Crippen molar-refractivity contribution in [3.8, 4) is 11.5 Å². The Balaban J connectivity index is 0.00000312. The SMILES string of the molecule is CCCCOc1c(Cl)cc(C(=O)NC2CCNC(C)C2)cc1OC.Cl. The zero-order chi connectivity index (χ0) is 17.5. The van der Waals surface area contributed by atoms with E-state index in [0.29, 0.717) is 34.7 Å². The van der Waals surface area contributed by atoms with Crippen molar-refractivity contribution in [3.05, 3.63) is 22.7 Å². The minimum atomic E-state index is -0.130. The molecule has 1 aliphatic rings. The van der Waals surface area contributed by atoms with Crippen molar-refractivity contribution in [2.45, 2.75) is 51.6 Å². The molecule has 0 radical (unpaired) electrons. The summed E-state index contributed by atoms with van der Waals surface area (Å²) >= 11 is 6.31. The second-order valence-electron chi connectivity index (χ2n) is 6.24. The van der Waals surface area contributed by atoms with E-state index < -0.39 is 0 Å². The number of ether oxygens (including phenoxy) is 2. The first-order chi connectivity index (χ1) is 11.5. The number of hydrogen-bond donors (Lipinski definition) is 2. The van der Waals surface area contributed by atoms with Crippen molar-refractivity contribution >= 4 is 29.9 Å². The highest BCUT2D eigenvalue weighted by atomic mass is 35.5. The summed E-state index contributed by atoms with van der Waals surface area (Å²) in [5.41, 5.74) is 0.492. The van der Waals surface area contributed by atoms with Crippen LogP contribution in [-0.2, 0) is 0 Å². The van der Waals surface area contributed by atoms with Crippen LogP contribution >= 0.6 is 24.0 Å². The number of halogens is 2. The lowest BCUT2D eigenvalue weighted by atomic mass is 10.00. The fraction of sp³-hybridized carbons (Fsp3) is 0.611. The monoisotopic (exact) mass is 390 g/mol. The molecule has 0 spiro atoms. The lowest BCUT2D eigenvalue weighted by Gasteiger charge is -2.28. The van der Waals surface area contributed by atoms with Crippen molar-refractivity contribution < 1.29 is 14.3 Å². The van der Waals surface area contributed by atoms with Gasteiger partial charge in [0, 0.05) is 17.6 Å². The highest BCUT2D eigenvalue weighted by Crippen LogP contribution is 2.36. The summed E-state index contributed by atoms with van der Waals surface area (Å²) in [4.78, 5) is 12.5. The molecule has 2 N–H and O–H groups in total. The van der Waals surface area contributed by atoms with Gasteiger partial charge in [0.2, 0.25) is 0 Å². The van der Waals surface area contributed by atoms with E-state index in [2.05, 4.69) is 24.5 Å². The Labute approximate surface area is 161 Å². The molecule has 0 aliphatic carbocycles. The summed E-state index contributed by atoms with van der Waals surface area (Å²) in [7, 11) is 1.55. The third-order valence-corrected chi connectivity index (χ3v) is 4.48. The molecular formula is C18H28Cl2N2O3. The minimum absolute atomic E-state index is 0. The fourth-order valence-corrected chi connectivity index (χ4v) is 3.11. The second kappa shape index (κ2) is 10.7. The molecule has 1 saturated heterocycles. The summed E-state index contributed by atoms with van der Waals surface area (Å²) in [6, 6.07) is 3.92. The van der Waals surface area contributed by atoms with E-state index in [1.165, 1.54) is 0 Å². The molecule has 1 aromatic rings. The van der Waals surface area contributed by atoms with Crippen molar-refractivity contribution in [1.29, 1.82) is 0 Å². The van der Waals surface area contributed by atoms with Crippen LogP contribution in [0.3, 0.4) is 0 Å². The lowest BCUT2D eigenvalue weighted by molar-refractivity contribution is 0.0925. The molecule has 1 fully saturated rings. The predicted octanol–water partition coefficient (Wildman–Crippen LogP) is 3.82. The number of benzene rings is 1. The number of nitrogens with one attached hydrogen (secondary N) is 2. The number of amides is 1. The lowest BCUT2D eigenvalue weighted by Crippen LogP contribution is -2.46. The number of rotatable bonds is 7. The molecule has 7 heteroatoms. The Morgan fingerprint density at radius 2 is 2.20 bits per heavy atom. The summed E-state index contributed by atoms with van der Waals surface area (Å²) in [6.45, 7) is 5.71. The molecule has 0 bridgehead atoms. The molecule has 142 valence electrons. The van der Waals surface area contributed by atoms with E-state index in [-0.39, 0.29) is 24.4 Å². The smallest absolute Gasteiger partial charge is 0.251 e. The topological polar surface area (TPSA) is 59.6 Å². The van der Waals surface area contributed by atoms with E-state index in [9.17, 15) is 4.79 Å². The first-order valence-corrected chi connectivity index (χ1v) is 8.97. The van der Waals surface area contributed by atoms with Gasteiger partial charge in [-0.3, -0.25) is 4.79 Å². The van der Waals surface area contributed by atoms with Crippen LogP contribution in [0.15, 0.2) is 12.1 Å². The molecule has 1 aliphatic heterocycles. The van der Waals surface area contributed by atoms with Gasteiger partial charge in [0.05, 0.1) is 18.7 Å². The molecule has 2 atom stereocenters. The van der Waals surface area contributed by atoms with Crippen LogP contribution in [0.2, 0.25) is 5.02 Å². The van der Waals surface area contributed by atoms with E-state index in [0.717, 1.165) is 32.2 Å².